The predicted molar refractivity (Wildman–Crippen MR) is 74.5 cm³/mol. The van der Waals surface area contributed by atoms with Crippen LogP contribution < -0.4 is 0 Å². The maximum absolute atomic E-state index is 5.70. The summed E-state index contributed by atoms with van der Waals surface area (Å²) in [7, 11) is 0. The molecular formula is C12H21IN2O. The molecule has 0 fully saturated rings. The molecule has 0 radical (unpaired) electrons. The molecule has 92 valence electrons. The Morgan fingerprint density at radius 2 is 2.06 bits per heavy atom. The molecule has 1 rings (SSSR count). The van der Waals surface area contributed by atoms with Crippen LogP contribution in [-0.4, -0.2) is 15.9 Å². The predicted octanol–water partition coefficient (Wildman–Crippen LogP) is 3.77. The maximum Gasteiger partial charge on any atom is 0.101 e. The Morgan fingerprint density at radius 1 is 1.38 bits per heavy atom. The van der Waals surface area contributed by atoms with E-state index < -0.39 is 0 Å². The quantitative estimate of drug-likeness (QED) is 0.740. The van der Waals surface area contributed by atoms with Gasteiger partial charge in [-0.25, -0.2) is 0 Å². The second-order valence-corrected chi connectivity index (χ2v) is 5.35. The maximum atomic E-state index is 5.70. The van der Waals surface area contributed by atoms with Crippen LogP contribution >= 0.6 is 22.6 Å². The van der Waals surface area contributed by atoms with Gasteiger partial charge in [0.05, 0.1) is 16.3 Å². The lowest BCUT2D eigenvalue weighted by atomic mass is 10.3. The van der Waals surface area contributed by atoms with Gasteiger partial charge in [0, 0.05) is 12.2 Å². The van der Waals surface area contributed by atoms with Gasteiger partial charge in [-0.15, -0.1) is 0 Å². The number of nitrogens with zero attached hydrogens (tertiary/aromatic N) is 2. The van der Waals surface area contributed by atoms with E-state index in [1.165, 1.54) is 3.57 Å². The molecule has 16 heavy (non-hydrogen) atoms. The molecular weight excluding hydrogens is 315 g/mol. The third-order valence-corrected chi connectivity index (χ3v) is 3.78. The highest BCUT2D eigenvalue weighted by molar-refractivity contribution is 14.1. The highest BCUT2D eigenvalue weighted by atomic mass is 127. The lowest BCUT2D eigenvalue weighted by molar-refractivity contribution is 0.0481. The first kappa shape index (κ1) is 14.0. The summed E-state index contributed by atoms with van der Waals surface area (Å²) in [6.07, 6.45) is 4.56. The van der Waals surface area contributed by atoms with Crippen LogP contribution in [0.5, 0.6) is 0 Å². The normalized spacial score (nSPS) is 15.1. The first-order valence-corrected chi connectivity index (χ1v) is 7.01. The van der Waals surface area contributed by atoms with Gasteiger partial charge in [-0.3, -0.25) is 4.68 Å². The summed E-state index contributed by atoms with van der Waals surface area (Å²) in [6, 6.07) is 0.464. The van der Waals surface area contributed by atoms with Gasteiger partial charge < -0.3 is 4.74 Å². The Bertz CT molecular complexity index is 325. The highest BCUT2D eigenvalue weighted by Crippen LogP contribution is 2.17. The number of ether oxygens (including phenoxy) is 1. The fourth-order valence-electron chi connectivity index (χ4n) is 1.26. The number of rotatable bonds is 6. The summed E-state index contributed by atoms with van der Waals surface area (Å²) in [5, 5.41) is 4.57. The molecule has 0 aliphatic heterocycles. The van der Waals surface area contributed by atoms with Crippen molar-refractivity contribution in [3.8, 4) is 0 Å². The first-order valence-electron chi connectivity index (χ1n) is 5.93. The van der Waals surface area contributed by atoms with Crippen molar-refractivity contribution in [1.82, 2.24) is 9.78 Å². The van der Waals surface area contributed by atoms with Crippen LogP contribution in [0.3, 0.4) is 0 Å². The third-order valence-electron chi connectivity index (χ3n) is 2.88. The third kappa shape index (κ3) is 3.73. The molecule has 1 heterocycles. The molecule has 1 aromatic rings. The van der Waals surface area contributed by atoms with Crippen LogP contribution in [0, 0.1) is 3.57 Å². The number of aromatic nitrogens is 2. The molecule has 2 atom stereocenters. The zero-order valence-corrected chi connectivity index (χ0v) is 12.7. The second-order valence-electron chi connectivity index (χ2n) is 4.19. The molecule has 0 aliphatic carbocycles. The average Bonchev–Trinajstić information content (AvgIpc) is 2.66. The molecule has 3 nitrogen and oxygen atoms in total. The van der Waals surface area contributed by atoms with E-state index in [0.29, 0.717) is 18.8 Å². The lowest BCUT2D eigenvalue weighted by Gasteiger charge is -2.10. The van der Waals surface area contributed by atoms with E-state index in [4.69, 9.17) is 4.74 Å². The molecule has 0 unspecified atom stereocenters. The molecule has 0 spiro atoms. The summed E-state index contributed by atoms with van der Waals surface area (Å²) in [5.41, 5.74) is 1.06. The first-order chi connectivity index (χ1) is 7.58. The van der Waals surface area contributed by atoms with E-state index >= 15 is 0 Å². The van der Waals surface area contributed by atoms with E-state index in [1.807, 2.05) is 4.68 Å². The molecule has 0 saturated carbocycles. The van der Waals surface area contributed by atoms with Crippen LogP contribution in [-0.2, 0) is 11.3 Å². The van der Waals surface area contributed by atoms with Gasteiger partial charge in [0.2, 0.25) is 0 Å². The van der Waals surface area contributed by atoms with Crippen LogP contribution in [0.4, 0.5) is 0 Å². The van der Waals surface area contributed by atoms with Crippen molar-refractivity contribution in [1.29, 1.82) is 0 Å². The minimum absolute atomic E-state index is 0.310. The Hall–Kier alpha value is -0.100. The van der Waals surface area contributed by atoms with Crippen molar-refractivity contribution in [2.24, 2.45) is 0 Å². The molecule has 0 aromatic carbocycles. The molecule has 0 amide bonds. The molecule has 0 bridgehead atoms. The second kappa shape index (κ2) is 6.59. The molecule has 4 heteroatoms. The van der Waals surface area contributed by atoms with E-state index in [0.717, 1.165) is 18.5 Å². The smallest absolute Gasteiger partial charge is 0.101 e. The van der Waals surface area contributed by atoms with Crippen molar-refractivity contribution in [3.63, 3.8) is 0 Å². The van der Waals surface area contributed by atoms with Crippen LogP contribution in [0.25, 0.3) is 0 Å². The molecule has 0 N–H and O–H groups in total. The van der Waals surface area contributed by atoms with Gasteiger partial charge >= 0.3 is 0 Å². The van der Waals surface area contributed by atoms with Gasteiger partial charge in [0.15, 0.2) is 0 Å². The van der Waals surface area contributed by atoms with Gasteiger partial charge in [-0.1, -0.05) is 13.8 Å². The van der Waals surface area contributed by atoms with Crippen molar-refractivity contribution >= 4 is 22.6 Å². The monoisotopic (exact) mass is 336 g/mol. The van der Waals surface area contributed by atoms with Crippen molar-refractivity contribution in [2.45, 2.75) is 59.3 Å². The van der Waals surface area contributed by atoms with Crippen molar-refractivity contribution < 1.29 is 4.74 Å². The van der Waals surface area contributed by atoms with E-state index in [2.05, 4.69) is 61.6 Å². The summed E-state index contributed by atoms with van der Waals surface area (Å²) in [4.78, 5) is 0. The Labute approximate surface area is 112 Å². The minimum atomic E-state index is 0.310. The topological polar surface area (TPSA) is 27.1 Å². The zero-order valence-electron chi connectivity index (χ0n) is 10.5. The van der Waals surface area contributed by atoms with Crippen LogP contribution in [0.15, 0.2) is 6.20 Å². The van der Waals surface area contributed by atoms with Crippen LogP contribution in [0.2, 0.25) is 0 Å². The van der Waals surface area contributed by atoms with Crippen molar-refractivity contribution in [3.05, 3.63) is 15.5 Å². The van der Waals surface area contributed by atoms with E-state index in [9.17, 15) is 0 Å². The standard InChI is InChI=1S/C12H21IN2O/c1-5-9(3)15-7-11(13)12(14-15)8-16-10(4)6-2/h7,9-10H,5-6,8H2,1-4H3/t9-,10-/m1/s1. The summed E-state index contributed by atoms with van der Waals surface area (Å²) >= 11 is 2.33. The number of hydrogen-bond donors (Lipinski definition) is 0. The lowest BCUT2D eigenvalue weighted by Crippen LogP contribution is -2.08. The molecule has 0 aliphatic rings. The Morgan fingerprint density at radius 3 is 2.62 bits per heavy atom. The largest absolute Gasteiger partial charge is 0.372 e. The summed E-state index contributed by atoms with van der Waals surface area (Å²) < 4.78 is 8.94. The van der Waals surface area contributed by atoms with Crippen LogP contribution in [0.1, 0.15) is 52.3 Å². The fraction of sp³-hybridized carbons (Fsp3) is 0.750. The Kier molecular flexibility index (Phi) is 5.75. The van der Waals surface area contributed by atoms with Gasteiger partial charge in [-0.2, -0.15) is 5.10 Å². The SMILES string of the molecule is CC[C@@H](C)OCc1nn([C@H](C)CC)cc1I. The zero-order chi connectivity index (χ0) is 12.1. The number of hydrogen-bond acceptors (Lipinski definition) is 2. The van der Waals surface area contributed by atoms with E-state index in [1.54, 1.807) is 0 Å². The average molecular weight is 336 g/mol. The van der Waals surface area contributed by atoms with E-state index in [-0.39, 0.29) is 0 Å². The highest BCUT2D eigenvalue weighted by Gasteiger charge is 2.11. The van der Waals surface area contributed by atoms with Crippen molar-refractivity contribution in [2.75, 3.05) is 0 Å². The fourth-order valence-corrected chi connectivity index (χ4v) is 1.81. The minimum Gasteiger partial charge on any atom is -0.372 e. The van der Waals surface area contributed by atoms with Gasteiger partial charge in [-0.05, 0) is 49.3 Å². The van der Waals surface area contributed by atoms with Gasteiger partial charge in [0.1, 0.15) is 5.69 Å². The summed E-state index contributed by atoms with van der Waals surface area (Å²) in [5.74, 6) is 0. The Balaban J connectivity index is 2.63. The molecule has 0 saturated heterocycles. The van der Waals surface area contributed by atoms with Gasteiger partial charge in [0.25, 0.3) is 0 Å². The number of halogens is 1. The summed E-state index contributed by atoms with van der Waals surface area (Å²) in [6.45, 7) is 9.21. The molecule has 1 aromatic heterocycles.